The Labute approximate surface area is 261 Å². The second-order valence-electron chi connectivity index (χ2n) is 9.41. The fourth-order valence-electron chi connectivity index (χ4n) is 4.62. The lowest BCUT2D eigenvalue weighted by Gasteiger charge is -2.12. The summed E-state index contributed by atoms with van der Waals surface area (Å²) in [4.78, 5) is 29.5. The molecule has 1 aromatic heterocycles. The van der Waals surface area contributed by atoms with Crippen LogP contribution in [0, 0.1) is 0 Å². The molecule has 0 spiro atoms. The quantitative estimate of drug-likeness (QED) is 0.0765. The first kappa shape index (κ1) is 30.2. The number of hydrogen-bond acceptors (Lipinski definition) is 4. The van der Waals surface area contributed by atoms with Gasteiger partial charge in [0.1, 0.15) is 5.69 Å². The van der Waals surface area contributed by atoms with Crippen LogP contribution in [0.4, 0.5) is 13.2 Å². The zero-order chi connectivity index (χ0) is 30.7. The first-order valence-electron chi connectivity index (χ1n) is 13.0. The molecule has 0 aliphatic carbocycles. The van der Waals surface area contributed by atoms with Crippen LogP contribution in [-0.4, -0.2) is 23.1 Å². The van der Waals surface area contributed by atoms with Crippen LogP contribution in [-0.2, 0) is 12.6 Å². The fourth-order valence-corrected chi connectivity index (χ4v) is 5.96. The summed E-state index contributed by atoms with van der Waals surface area (Å²) in [7, 11) is 0. The molecule has 6 nitrogen and oxygen atoms in total. The molecule has 4 aromatic carbocycles. The highest BCUT2D eigenvalue weighted by Gasteiger charge is 2.31. The highest BCUT2D eigenvalue weighted by Crippen LogP contribution is 2.35. The van der Waals surface area contributed by atoms with E-state index in [2.05, 4.69) is 47.4 Å². The second-order valence-corrected chi connectivity index (χ2v) is 11.2. The van der Waals surface area contributed by atoms with Crippen LogP contribution in [0.25, 0.3) is 22.0 Å². The Morgan fingerprint density at radius 2 is 1.72 bits per heavy atom. The van der Waals surface area contributed by atoms with Crippen LogP contribution in [0.5, 0.6) is 5.75 Å². The van der Waals surface area contributed by atoms with E-state index in [0.717, 1.165) is 52.2 Å². The number of hydrogen-bond donors (Lipinski definition) is 2. The first-order valence-corrected chi connectivity index (χ1v) is 14.6. The van der Waals surface area contributed by atoms with E-state index in [-0.39, 0.29) is 16.9 Å². The number of nitrogens with zero attached hydrogens (tertiary/aromatic N) is 1. The van der Waals surface area contributed by atoms with Crippen molar-refractivity contribution in [2.24, 2.45) is 5.10 Å². The monoisotopic (exact) mass is 711 g/mol. The van der Waals surface area contributed by atoms with Gasteiger partial charge in [0.2, 0.25) is 0 Å². The normalized spacial score (nSPS) is 11.7. The SMILES string of the molecule is CCc1cccc2c(-c3ccccc3)c(C(=O)NN=Cc3cc(Br)cc(Br)c3OC(=O)c3cccc(C(F)(F)F)c3)[nH]c12. The number of aromatic amines is 1. The van der Waals surface area contributed by atoms with Gasteiger partial charge in [-0.05, 0) is 63.8 Å². The molecule has 11 heteroatoms. The van der Waals surface area contributed by atoms with Gasteiger partial charge in [0.05, 0.1) is 21.8 Å². The summed E-state index contributed by atoms with van der Waals surface area (Å²) in [6.45, 7) is 2.04. The lowest BCUT2D eigenvalue weighted by atomic mass is 10.00. The number of aromatic nitrogens is 1. The highest BCUT2D eigenvalue weighted by molar-refractivity contribution is 9.11. The smallest absolute Gasteiger partial charge is 0.416 e. The molecule has 43 heavy (non-hydrogen) atoms. The first-order chi connectivity index (χ1) is 20.6. The average molecular weight is 713 g/mol. The summed E-state index contributed by atoms with van der Waals surface area (Å²) >= 11 is 6.70. The molecule has 0 unspecified atom stereocenters. The van der Waals surface area contributed by atoms with Crippen molar-refractivity contribution in [2.75, 3.05) is 0 Å². The zero-order valence-electron chi connectivity index (χ0n) is 22.4. The summed E-state index contributed by atoms with van der Waals surface area (Å²) < 4.78 is 45.9. The number of esters is 1. The van der Waals surface area contributed by atoms with Gasteiger partial charge in [0.15, 0.2) is 5.75 Å². The largest absolute Gasteiger partial charge is 0.421 e. The zero-order valence-corrected chi connectivity index (χ0v) is 25.6. The van der Waals surface area contributed by atoms with Gasteiger partial charge in [-0.1, -0.05) is 77.5 Å². The van der Waals surface area contributed by atoms with E-state index in [0.29, 0.717) is 14.6 Å². The number of carbonyl (C=O) groups is 2. The molecule has 0 fully saturated rings. The molecule has 1 heterocycles. The van der Waals surface area contributed by atoms with Gasteiger partial charge in [-0.3, -0.25) is 4.79 Å². The van der Waals surface area contributed by atoms with Crippen LogP contribution >= 0.6 is 31.9 Å². The van der Waals surface area contributed by atoms with Crippen LogP contribution in [0.1, 0.15) is 44.5 Å². The van der Waals surface area contributed by atoms with E-state index in [9.17, 15) is 22.8 Å². The molecule has 218 valence electrons. The molecule has 5 rings (SSSR count). The standard InChI is InChI=1S/C32H22Br2F3N3O3/c1-2-18-10-7-13-24-26(19-8-4-3-5-9-19)28(39-27(18)24)30(41)40-38-17-21-15-23(33)16-25(34)29(21)43-31(42)20-11-6-12-22(14-20)32(35,36)37/h3-17,39H,2H2,1H3,(H,40,41). The summed E-state index contributed by atoms with van der Waals surface area (Å²) in [6.07, 6.45) is -2.57. The Morgan fingerprint density at radius 3 is 2.44 bits per heavy atom. The minimum absolute atomic E-state index is 0.00628. The van der Waals surface area contributed by atoms with E-state index in [1.54, 1.807) is 12.1 Å². The van der Waals surface area contributed by atoms with Crippen molar-refractivity contribution in [3.05, 3.63) is 122 Å². The number of hydrazone groups is 1. The molecule has 0 radical (unpaired) electrons. The number of alkyl halides is 3. The third kappa shape index (κ3) is 6.57. The number of fused-ring (bicyclic) bond motifs is 1. The van der Waals surface area contributed by atoms with Crippen molar-refractivity contribution in [1.29, 1.82) is 0 Å². The molecular weight excluding hydrogens is 691 g/mol. The van der Waals surface area contributed by atoms with E-state index < -0.39 is 23.6 Å². The van der Waals surface area contributed by atoms with Crippen molar-refractivity contribution >= 4 is 60.9 Å². The summed E-state index contributed by atoms with van der Waals surface area (Å²) in [5.74, 6) is -1.48. The molecule has 0 aliphatic heterocycles. The molecule has 0 saturated heterocycles. The molecule has 0 saturated carbocycles. The molecular formula is C32H22Br2F3N3O3. The maximum absolute atomic E-state index is 13.4. The molecule has 0 bridgehead atoms. The highest BCUT2D eigenvalue weighted by atomic mass is 79.9. The number of rotatable bonds is 7. The predicted molar refractivity (Wildman–Crippen MR) is 166 cm³/mol. The lowest BCUT2D eigenvalue weighted by Crippen LogP contribution is -2.19. The fraction of sp³-hybridized carbons (Fsp3) is 0.0938. The van der Waals surface area contributed by atoms with Crippen LogP contribution in [0.2, 0.25) is 0 Å². The van der Waals surface area contributed by atoms with Gasteiger partial charge in [0.25, 0.3) is 5.91 Å². The number of para-hydroxylation sites is 1. The molecule has 1 amide bonds. The Balaban J connectivity index is 1.44. The summed E-state index contributed by atoms with van der Waals surface area (Å²) in [6, 6.07) is 22.6. The summed E-state index contributed by atoms with van der Waals surface area (Å²) in [5, 5.41) is 5.01. The minimum Gasteiger partial charge on any atom is -0.421 e. The molecule has 2 N–H and O–H groups in total. The number of benzene rings is 4. The maximum Gasteiger partial charge on any atom is 0.416 e. The van der Waals surface area contributed by atoms with Gasteiger partial charge in [0, 0.05) is 26.5 Å². The van der Waals surface area contributed by atoms with E-state index in [1.165, 1.54) is 12.3 Å². The number of aryl methyl sites for hydroxylation is 1. The molecule has 0 atom stereocenters. The Kier molecular flexibility index (Phi) is 8.84. The average Bonchev–Trinajstić information content (AvgIpc) is 3.39. The molecule has 0 aliphatic rings. The van der Waals surface area contributed by atoms with Gasteiger partial charge >= 0.3 is 12.1 Å². The Morgan fingerprint density at radius 1 is 0.977 bits per heavy atom. The summed E-state index contributed by atoms with van der Waals surface area (Å²) in [5.41, 5.74) is 5.39. The van der Waals surface area contributed by atoms with E-state index in [1.807, 2.05) is 55.5 Å². The predicted octanol–water partition coefficient (Wildman–Crippen LogP) is 8.92. The van der Waals surface area contributed by atoms with Crippen molar-refractivity contribution in [1.82, 2.24) is 10.4 Å². The van der Waals surface area contributed by atoms with Gasteiger partial charge in [-0.25, -0.2) is 10.2 Å². The number of H-pyrrole nitrogens is 1. The van der Waals surface area contributed by atoms with Crippen LogP contribution < -0.4 is 10.2 Å². The number of carbonyl (C=O) groups excluding carboxylic acids is 2. The number of nitrogens with one attached hydrogen (secondary N) is 2. The second kappa shape index (κ2) is 12.6. The van der Waals surface area contributed by atoms with Gasteiger partial charge < -0.3 is 9.72 Å². The van der Waals surface area contributed by atoms with Crippen molar-refractivity contribution in [3.8, 4) is 16.9 Å². The van der Waals surface area contributed by atoms with Crippen LogP contribution in [0.3, 0.4) is 0 Å². The lowest BCUT2D eigenvalue weighted by molar-refractivity contribution is -0.137. The van der Waals surface area contributed by atoms with Gasteiger partial charge in [-0.15, -0.1) is 0 Å². The minimum atomic E-state index is -4.62. The number of ether oxygens (including phenoxy) is 1. The number of halogens is 5. The van der Waals surface area contributed by atoms with Crippen molar-refractivity contribution in [2.45, 2.75) is 19.5 Å². The maximum atomic E-state index is 13.4. The topological polar surface area (TPSA) is 83.5 Å². The van der Waals surface area contributed by atoms with Gasteiger partial charge in [-0.2, -0.15) is 18.3 Å². The van der Waals surface area contributed by atoms with Crippen molar-refractivity contribution in [3.63, 3.8) is 0 Å². The third-order valence-corrected chi connectivity index (χ3v) is 7.66. The Bertz CT molecular complexity index is 1870. The van der Waals surface area contributed by atoms with E-state index in [4.69, 9.17) is 4.74 Å². The Hall–Kier alpha value is -4.22. The van der Waals surface area contributed by atoms with Crippen LogP contribution in [0.15, 0.2) is 99.0 Å². The van der Waals surface area contributed by atoms with E-state index >= 15 is 0 Å². The molecule has 5 aromatic rings. The van der Waals surface area contributed by atoms with Crippen molar-refractivity contribution < 1.29 is 27.5 Å². The third-order valence-electron chi connectivity index (χ3n) is 6.62. The number of amides is 1.